The largest absolute Gasteiger partial charge is 0.481 e. The summed E-state index contributed by atoms with van der Waals surface area (Å²) in [7, 11) is -3.30. The first kappa shape index (κ1) is 12.8. The standard InChI is InChI=1S/C11H14N2O4S/c1-18(16,17)12-13-5-4-9-6-8(7-11(14)15)2-3-10(9)13/h2-3,6,12H,4-5,7H2,1H3,(H,14,15). The maximum Gasteiger partial charge on any atom is 0.307 e. The van der Waals surface area contributed by atoms with Gasteiger partial charge in [-0.3, -0.25) is 9.80 Å². The summed E-state index contributed by atoms with van der Waals surface area (Å²) in [5.41, 5.74) is 2.47. The molecule has 98 valence electrons. The third-order valence-electron chi connectivity index (χ3n) is 2.67. The fraction of sp³-hybridized carbons (Fsp3) is 0.364. The van der Waals surface area contributed by atoms with Gasteiger partial charge in [-0.25, -0.2) is 8.42 Å². The number of carboxylic acids is 1. The van der Waals surface area contributed by atoms with Crippen LogP contribution in [-0.4, -0.2) is 32.3 Å². The number of hydrazine groups is 1. The molecular formula is C11H14N2O4S. The Morgan fingerprint density at radius 2 is 2.22 bits per heavy atom. The fourth-order valence-electron chi connectivity index (χ4n) is 2.03. The van der Waals surface area contributed by atoms with Gasteiger partial charge in [0.2, 0.25) is 10.0 Å². The van der Waals surface area contributed by atoms with Gasteiger partial charge < -0.3 is 5.11 Å². The van der Waals surface area contributed by atoms with E-state index >= 15 is 0 Å². The summed E-state index contributed by atoms with van der Waals surface area (Å²) < 4.78 is 22.4. The molecule has 0 amide bonds. The predicted molar refractivity (Wildman–Crippen MR) is 66.8 cm³/mol. The molecule has 7 heteroatoms. The van der Waals surface area contributed by atoms with Gasteiger partial charge >= 0.3 is 5.97 Å². The van der Waals surface area contributed by atoms with Gasteiger partial charge in [0.05, 0.1) is 18.4 Å². The highest BCUT2D eigenvalue weighted by Crippen LogP contribution is 2.27. The van der Waals surface area contributed by atoms with Crippen molar-refractivity contribution in [2.75, 3.05) is 17.8 Å². The van der Waals surface area contributed by atoms with Gasteiger partial charge in [0.1, 0.15) is 0 Å². The van der Waals surface area contributed by atoms with E-state index in [1.54, 1.807) is 17.1 Å². The molecule has 0 spiro atoms. The van der Waals surface area contributed by atoms with E-state index in [9.17, 15) is 13.2 Å². The minimum atomic E-state index is -3.30. The number of sulfonamides is 1. The van der Waals surface area contributed by atoms with Gasteiger partial charge in [0, 0.05) is 6.54 Å². The van der Waals surface area contributed by atoms with Crippen LogP contribution in [0, 0.1) is 0 Å². The van der Waals surface area contributed by atoms with E-state index in [-0.39, 0.29) is 6.42 Å². The van der Waals surface area contributed by atoms with Crippen molar-refractivity contribution < 1.29 is 18.3 Å². The summed E-state index contributed by atoms with van der Waals surface area (Å²) in [6.07, 6.45) is 1.78. The van der Waals surface area contributed by atoms with Crippen molar-refractivity contribution >= 4 is 21.7 Å². The van der Waals surface area contributed by atoms with E-state index in [1.165, 1.54) is 0 Å². The molecule has 18 heavy (non-hydrogen) atoms. The van der Waals surface area contributed by atoms with Crippen LogP contribution in [0.15, 0.2) is 18.2 Å². The lowest BCUT2D eigenvalue weighted by molar-refractivity contribution is -0.136. The molecule has 6 nitrogen and oxygen atoms in total. The lowest BCUT2D eigenvalue weighted by Crippen LogP contribution is -2.40. The number of nitrogens with one attached hydrogen (secondary N) is 1. The molecule has 0 saturated heterocycles. The first-order valence-electron chi connectivity index (χ1n) is 5.44. The molecule has 0 radical (unpaired) electrons. The van der Waals surface area contributed by atoms with Gasteiger partial charge in [-0.05, 0) is 23.6 Å². The number of fused-ring (bicyclic) bond motifs is 1. The number of carbonyl (C=O) groups is 1. The highest BCUT2D eigenvalue weighted by atomic mass is 32.2. The first-order chi connectivity index (χ1) is 8.35. The van der Waals surface area contributed by atoms with Crippen molar-refractivity contribution in [1.29, 1.82) is 0 Å². The van der Waals surface area contributed by atoms with Gasteiger partial charge in [-0.15, -0.1) is 4.83 Å². The summed E-state index contributed by atoms with van der Waals surface area (Å²) in [6.45, 7) is 0.554. The second kappa shape index (κ2) is 4.58. The summed E-state index contributed by atoms with van der Waals surface area (Å²) in [6, 6.07) is 5.27. The zero-order chi connectivity index (χ0) is 13.3. The van der Waals surface area contributed by atoms with Crippen molar-refractivity contribution in [3.05, 3.63) is 29.3 Å². The Bertz CT molecular complexity index is 583. The zero-order valence-corrected chi connectivity index (χ0v) is 10.7. The van der Waals surface area contributed by atoms with Crippen LogP contribution in [0.3, 0.4) is 0 Å². The van der Waals surface area contributed by atoms with Crippen molar-refractivity contribution in [2.45, 2.75) is 12.8 Å². The third-order valence-corrected chi connectivity index (χ3v) is 3.22. The van der Waals surface area contributed by atoms with E-state index in [4.69, 9.17) is 5.11 Å². The number of carboxylic acid groups (broad SMARTS) is 1. The number of hydrogen-bond donors (Lipinski definition) is 2. The molecule has 2 N–H and O–H groups in total. The Kier molecular flexibility index (Phi) is 3.27. The Morgan fingerprint density at radius 3 is 2.83 bits per heavy atom. The summed E-state index contributed by atoms with van der Waals surface area (Å²) in [5.74, 6) is -0.876. The molecule has 1 heterocycles. The van der Waals surface area contributed by atoms with E-state index in [0.717, 1.165) is 23.1 Å². The number of hydrogen-bond acceptors (Lipinski definition) is 4. The number of nitrogens with zero attached hydrogens (tertiary/aromatic N) is 1. The van der Waals surface area contributed by atoms with Crippen LogP contribution in [0.5, 0.6) is 0 Å². The SMILES string of the molecule is CS(=O)(=O)NN1CCc2cc(CC(=O)O)ccc21. The molecule has 1 aromatic rings. The van der Waals surface area contributed by atoms with Crippen molar-refractivity contribution in [3.8, 4) is 0 Å². The smallest absolute Gasteiger partial charge is 0.307 e. The van der Waals surface area contributed by atoms with E-state index in [1.807, 2.05) is 6.07 Å². The molecule has 1 aliphatic rings. The second-order valence-electron chi connectivity index (χ2n) is 4.30. The van der Waals surface area contributed by atoms with Crippen LogP contribution >= 0.6 is 0 Å². The molecule has 0 bridgehead atoms. The normalized spacial score (nSPS) is 14.6. The molecule has 0 aromatic heterocycles. The number of aliphatic carboxylic acids is 1. The molecule has 0 unspecified atom stereocenters. The zero-order valence-electron chi connectivity index (χ0n) is 9.88. The monoisotopic (exact) mass is 270 g/mol. The van der Waals surface area contributed by atoms with Crippen molar-refractivity contribution in [2.24, 2.45) is 0 Å². The predicted octanol–water partition coefficient (Wildman–Crippen LogP) is 0.140. The Morgan fingerprint density at radius 1 is 1.50 bits per heavy atom. The maximum absolute atomic E-state index is 11.2. The molecular weight excluding hydrogens is 256 g/mol. The van der Waals surface area contributed by atoms with Crippen molar-refractivity contribution in [3.63, 3.8) is 0 Å². The molecule has 0 atom stereocenters. The molecule has 0 saturated carbocycles. The Hall–Kier alpha value is -1.60. The number of anilines is 1. The topological polar surface area (TPSA) is 86.7 Å². The Balaban J connectivity index is 2.22. The highest BCUT2D eigenvalue weighted by Gasteiger charge is 2.21. The van der Waals surface area contributed by atoms with Crippen LogP contribution in [0.1, 0.15) is 11.1 Å². The van der Waals surface area contributed by atoms with Crippen LogP contribution in [0.4, 0.5) is 5.69 Å². The lowest BCUT2D eigenvalue weighted by Gasteiger charge is -2.18. The molecule has 2 rings (SSSR count). The third kappa shape index (κ3) is 2.99. The summed E-state index contributed by atoms with van der Waals surface area (Å²) in [4.78, 5) is 13.0. The Labute approximate surface area is 105 Å². The molecule has 0 aliphatic carbocycles. The molecule has 0 fully saturated rings. The highest BCUT2D eigenvalue weighted by molar-refractivity contribution is 7.88. The van der Waals surface area contributed by atoms with Crippen LogP contribution in [-0.2, 0) is 27.7 Å². The number of rotatable bonds is 4. The molecule has 1 aliphatic heterocycles. The van der Waals surface area contributed by atoms with Crippen LogP contribution in [0.25, 0.3) is 0 Å². The average molecular weight is 270 g/mol. The van der Waals surface area contributed by atoms with E-state index < -0.39 is 16.0 Å². The summed E-state index contributed by atoms with van der Waals surface area (Å²) >= 11 is 0. The maximum atomic E-state index is 11.2. The quantitative estimate of drug-likeness (QED) is 0.812. The first-order valence-corrected chi connectivity index (χ1v) is 7.33. The number of benzene rings is 1. The van der Waals surface area contributed by atoms with Crippen LogP contribution in [0.2, 0.25) is 0 Å². The minimum absolute atomic E-state index is 0.0210. The average Bonchev–Trinajstić information content (AvgIpc) is 2.57. The van der Waals surface area contributed by atoms with Gasteiger partial charge in [-0.1, -0.05) is 12.1 Å². The van der Waals surface area contributed by atoms with E-state index in [2.05, 4.69) is 4.83 Å². The summed E-state index contributed by atoms with van der Waals surface area (Å²) in [5, 5.41) is 10.3. The lowest BCUT2D eigenvalue weighted by atomic mass is 10.1. The van der Waals surface area contributed by atoms with Gasteiger partial charge in [-0.2, -0.15) is 0 Å². The van der Waals surface area contributed by atoms with Crippen molar-refractivity contribution in [1.82, 2.24) is 4.83 Å². The molecule has 1 aromatic carbocycles. The second-order valence-corrected chi connectivity index (χ2v) is 6.03. The van der Waals surface area contributed by atoms with Crippen LogP contribution < -0.4 is 9.84 Å². The van der Waals surface area contributed by atoms with Gasteiger partial charge in [0.25, 0.3) is 0 Å². The minimum Gasteiger partial charge on any atom is -0.481 e. The fourth-order valence-corrected chi connectivity index (χ4v) is 2.62. The van der Waals surface area contributed by atoms with E-state index in [0.29, 0.717) is 13.0 Å². The van der Waals surface area contributed by atoms with Gasteiger partial charge in [0.15, 0.2) is 0 Å².